The molecule has 0 saturated heterocycles. The van der Waals surface area contributed by atoms with Gasteiger partial charge in [-0.3, -0.25) is 10.1 Å². The highest BCUT2D eigenvalue weighted by Crippen LogP contribution is 2.59. The fourth-order valence-electron chi connectivity index (χ4n) is 2.22. The van der Waals surface area contributed by atoms with E-state index in [0.29, 0.717) is 10.9 Å². The van der Waals surface area contributed by atoms with Gasteiger partial charge in [-0.25, -0.2) is 4.98 Å². The van der Waals surface area contributed by atoms with E-state index in [4.69, 9.17) is 27.9 Å². The molecular formula is C16H16Cl2N2O2S. The van der Waals surface area contributed by atoms with E-state index in [1.54, 1.807) is 25.4 Å². The lowest BCUT2D eigenvalue weighted by molar-refractivity contribution is -0.128. The summed E-state index contributed by atoms with van der Waals surface area (Å²) in [6, 6.07) is 7.52. The molecular weight excluding hydrogens is 355 g/mol. The first kappa shape index (κ1) is 16.6. The number of rotatable bonds is 5. The molecule has 122 valence electrons. The van der Waals surface area contributed by atoms with Crippen LogP contribution in [0.5, 0.6) is 5.75 Å². The van der Waals surface area contributed by atoms with Crippen LogP contribution in [-0.4, -0.2) is 20.8 Å². The lowest BCUT2D eigenvalue weighted by Gasteiger charge is -2.24. The minimum absolute atomic E-state index is 0.168. The van der Waals surface area contributed by atoms with Gasteiger partial charge in [-0.1, -0.05) is 12.1 Å². The van der Waals surface area contributed by atoms with Crippen molar-refractivity contribution in [2.75, 3.05) is 5.32 Å². The van der Waals surface area contributed by atoms with Gasteiger partial charge in [-0.05, 0) is 38.0 Å². The number of thiazole rings is 1. The second kappa shape index (κ2) is 5.96. The average Bonchev–Trinajstić information content (AvgIpc) is 2.87. The average molecular weight is 371 g/mol. The molecule has 1 atom stereocenters. The monoisotopic (exact) mass is 370 g/mol. The number of carbonyl (C=O) groups is 1. The molecule has 0 unspecified atom stereocenters. The van der Waals surface area contributed by atoms with Crippen LogP contribution in [0.3, 0.4) is 0 Å². The highest BCUT2D eigenvalue weighted by atomic mass is 35.5. The maximum absolute atomic E-state index is 12.3. The molecule has 4 nitrogen and oxygen atoms in total. The molecule has 0 spiro atoms. The fraction of sp³-hybridized carbons (Fsp3) is 0.375. The van der Waals surface area contributed by atoms with E-state index in [1.807, 2.05) is 24.3 Å². The molecule has 0 aliphatic heterocycles. The molecule has 1 N–H and O–H groups in total. The molecule has 1 heterocycles. The van der Waals surface area contributed by atoms with E-state index in [0.717, 1.165) is 12.0 Å². The second-order valence-corrected chi connectivity index (χ2v) is 8.43. The highest BCUT2D eigenvalue weighted by molar-refractivity contribution is 7.13. The van der Waals surface area contributed by atoms with Crippen LogP contribution in [0, 0.1) is 0 Å². The van der Waals surface area contributed by atoms with Gasteiger partial charge >= 0.3 is 0 Å². The number of hydrogen-bond acceptors (Lipinski definition) is 4. The van der Waals surface area contributed by atoms with Gasteiger partial charge in [0.2, 0.25) is 0 Å². The Morgan fingerprint density at radius 1 is 1.39 bits per heavy atom. The minimum Gasteiger partial charge on any atom is -0.478 e. The van der Waals surface area contributed by atoms with Crippen molar-refractivity contribution in [2.24, 2.45) is 0 Å². The normalized spacial score (nSPS) is 19.2. The molecule has 1 saturated carbocycles. The van der Waals surface area contributed by atoms with Crippen molar-refractivity contribution in [3.8, 4) is 5.75 Å². The summed E-state index contributed by atoms with van der Waals surface area (Å²) < 4.78 is 5.17. The van der Waals surface area contributed by atoms with Crippen LogP contribution < -0.4 is 10.1 Å². The summed E-state index contributed by atoms with van der Waals surface area (Å²) in [7, 11) is 0. The van der Waals surface area contributed by atoms with Gasteiger partial charge in [0.05, 0.1) is 0 Å². The first-order valence-electron chi connectivity index (χ1n) is 7.16. The van der Waals surface area contributed by atoms with Crippen molar-refractivity contribution < 1.29 is 9.53 Å². The zero-order valence-corrected chi connectivity index (χ0v) is 15.0. The molecule has 1 aromatic heterocycles. The molecule has 1 fully saturated rings. The maximum atomic E-state index is 12.3. The minimum atomic E-state index is -1.02. The molecule has 23 heavy (non-hydrogen) atoms. The van der Waals surface area contributed by atoms with Crippen LogP contribution in [0.1, 0.15) is 31.7 Å². The first-order chi connectivity index (χ1) is 10.8. The van der Waals surface area contributed by atoms with E-state index in [9.17, 15) is 4.79 Å². The fourth-order valence-corrected chi connectivity index (χ4v) is 3.30. The van der Waals surface area contributed by atoms with Crippen LogP contribution in [0.15, 0.2) is 35.8 Å². The van der Waals surface area contributed by atoms with Gasteiger partial charge < -0.3 is 4.74 Å². The number of carbonyl (C=O) groups excluding carboxylic acids is 1. The highest BCUT2D eigenvalue weighted by Gasteiger charge is 2.52. The van der Waals surface area contributed by atoms with Crippen LogP contribution >= 0.6 is 34.5 Å². The topological polar surface area (TPSA) is 51.2 Å². The summed E-state index contributed by atoms with van der Waals surface area (Å²) in [6.07, 6.45) is 2.40. The third kappa shape index (κ3) is 3.79. The Labute approximate surface area is 148 Å². The summed E-state index contributed by atoms with van der Waals surface area (Å²) in [6.45, 7) is 3.43. The Balaban J connectivity index is 1.64. The predicted octanol–water partition coefficient (Wildman–Crippen LogP) is 4.60. The van der Waals surface area contributed by atoms with Crippen LogP contribution in [0.4, 0.5) is 5.13 Å². The molecule has 2 aromatic rings. The number of halogens is 2. The number of hydrogen-bond donors (Lipinski definition) is 1. The lowest BCUT2D eigenvalue weighted by atomic mass is 10.1. The van der Waals surface area contributed by atoms with E-state index >= 15 is 0 Å². The van der Waals surface area contributed by atoms with Gasteiger partial charge in [0.25, 0.3) is 5.91 Å². The van der Waals surface area contributed by atoms with Crippen molar-refractivity contribution in [3.05, 3.63) is 41.4 Å². The van der Waals surface area contributed by atoms with Crippen LogP contribution in [-0.2, 0) is 4.79 Å². The molecule has 3 rings (SSSR count). The number of benzene rings is 1. The van der Waals surface area contributed by atoms with Crippen LogP contribution in [0.2, 0.25) is 0 Å². The van der Waals surface area contributed by atoms with Gasteiger partial charge in [0, 0.05) is 17.5 Å². The second-order valence-electron chi connectivity index (χ2n) is 5.99. The summed E-state index contributed by atoms with van der Waals surface area (Å²) in [4.78, 5) is 16.3. The zero-order valence-electron chi connectivity index (χ0n) is 12.7. The van der Waals surface area contributed by atoms with Gasteiger partial charge in [0.15, 0.2) is 10.7 Å². The lowest BCUT2D eigenvalue weighted by Crippen LogP contribution is -2.42. The molecule has 7 heteroatoms. The van der Waals surface area contributed by atoms with Crippen molar-refractivity contribution in [1.29, 1.82) is 0 Å². The van der Waals surface area contributed by atoms with Gasteiger partial charge in [0.1, 0.15) is 10.1 Å². The number of aromatic nitrogens is 1. The number of amides is 1. The number of ether oxygens (including phenoxy) is 1. The van der Waals surface area contributed by atoms with E-state index in [-0.39, 0.29) is 11.8 Å². The molecule has 1 aromatic carbocycles. The Morgan fingerprint density at radius 2 is 2.04 bits per heavy atom. The summed E-state index contributed by atoms with van der Waals surface area (Å²) in [5.41, 5.74) is 0.0579. The summed E-state index contributed by atoms with van der Waals surface area (Å²) in [5, 5.41) is 5.09. The summed E-state index contributed by atoms with van der Waals surface area (Å²) in [5.74, 6) is 0.531. The van der Waals surface area contributed by atoms with Crippen molar-refractivity contribution in [2.45, 2.75) is 36.1 Å². The first-order valence-corrected chi connectivity index (χ1v) is 8.79. The largest absolute Gasteiger partial charge is 0.478 e. The maximum Gasteiger partial charge on any atom is 0.269 e. The van der Waals surface area contributed by atoms with Crippen LogP contribution in [0.25, 0.3) is 0 Å². The zero-order chi connectivity index (χ0) is 16.7. The molecule has 1 aliphatic carbocycles. The Bertz CT molecular complexity index is 699. The molecule has 0 radical (unpaired) electrons. The number of nitrogens with zero attached hydrogens (tertiary/aromatic N) is 1. The third-order valence-electron chi connectivity index (χ3n) is 3.68. The standard InChI is InChI=1S/C16H16Cl2N2O2S/c1-15(2,13(21)20-14-19-7-8-23-14)22-11-5-3-10(4-6-11)12-9-16(12,17)18/h3-8,12H,9H2,1-2H3,(H,19,20,21)/t12-/m1/s1. The van der Waals surface area contributed by atoms with Gasteiger partial charge in [-0.2, -0.15) is 0 Å². The SMILES string of the molecule is CC(C)(Oc1ccc([C@H]2CC2(Cl)Cl)cc1)C(=O)Nc1nccs1. The smallest absolute Gasteiger partial charge is 0.269 e. The Morgan fingerprint density at radius 3 is 2.57 bits per heavy atom. The predicted molar refractivity (Wildman–Crippen MR) is 93.7 cm³/mol. The van der Waals surface area contributed by atoms with Crippen molar-refractivity contribution >= 4 is 45.6 Å². The van der Waals surface area contributed by atoms with E-state index in [1.165, 1.54) is 11.3 Å². The van der Waals surface area contributed by atoms with Crippen molar-refractivity contribution in [3.63, 3.8) is 0 Å². The number of anilines is 1. The summed E-state index contributed by atoms with van der Waals surface area (Å²) >= 11 is 13.5. The Kier molecular flexibility index (Phi) is 4.29. The van der Waals surface area contributed by atoms with Crippen molar-refractivity contribution in [1.82, 2.24) is 4.98 Å². The molecule has 0 bridgehead atoms. The van der Waals surface area contributed by atoms with E-state index < -0.39 is 9.93 Å². The quantitative estimate of drug-likeness (QED) is 0.782. The number of alkyl halides is 2. The van der Waals surface area contributed by atoms with E-state index in [2.05, 4.69) is 10.3 Å². The molecule has 1 amide bonds. The third-order valence-corrected chi connectivity index (χ3v) is 5.21. The Hall–Kier alpha value is -1.30. The van der Waals surface area contributed by atoms with Gasteiger partial charge in [-0.15, -0.1) is 34.5 Å². The molecule has 1 aliphatic rings. The number of nitrogens with one attached hydrogen (secondary N) is 1.